The fraction of sp³-hybridized carbons (Fsp3) is 0.364. The minimum Gasteiger partial charge on any atom is -0.497 e. The van der Waals surface area contributed by atoms with Gasteiger partial charge in [-0.2, -0.15) is 10.2 Å². The Kier molecular flexibility index (Phi) is 4.74. The van der Waals surface area contributed by atoms with E-state index in [1.165, 1.54) is 25.7 Å². The first-order valence-corrected chi connectivity index (χ1v) is 9.23. The monoisotopic (exact) mass is 348 g/mol. The molecule has 26 heavy (non-hydrogen) atoms. The van der Waals surface area contributed by atoms with Gasteiger partial charge in [0.2, 0.25) is 0 Å². The van der Waals surface area contributed by atoms with E-state index < -0.39 is 0 Å². The number of rotatable bonds is 7. The van der Waals surface area contributed by atoms with Crippen molar-refractivity contribution in [3.05, 3.63) is 59.7 Å². The number of hydrogen-bond acceptors (Lipinski definition) is 4. The molecule has 0 bridgehead atoms. The van der Waals surface area contributed by atoms with Crippen LogP contribution in [0, 0.1) is 11.8 Å². The Morgan fingerprint density at radius 2 is 1.00 bits per heavy atom. The van der Waals surface area contributed by atoms with Gasteiger partial charge in [-0.3, -0.25) is 0 Å². The van der Waals surface area contributed by atoms with Gasteiger partial charge in [0, 0.05) is 11.8 Å². The molecule has 2 aliphatic carbocycles. The molecule has 0 aliphatic heterocycles. The van der Waals surface area contributed by atoms with Gasteiger partial charge in [-0.25, -0.2) is 0 Å². The van der Waals surface area contributed by atoms with Gasteiger partial charge < -0.3 is 9.47 Å². The molecule has 2 aromatic carbocycles. The van der Waals surface area contributed by atoms with E-state index in [4.69, 9.17) is 19.7 Å². The Labute approximate surface area is 154 Å². The van der Waals surface area contributed by atoms with E-state index in [-0.39, 0.29) is 0 Å². The van der Waals surface area contributed by atoms with Crippen molar-refractivity contribution in [1.82, 2.24) is 0 Å². The summed E-state index contributed by atoms with van der Waals surface area (Å²) in [6.07, 6.45) is 4.78. The molecule has 4 rings (SSSR count). The molecule has 0 radical (unpaired) electrons. The normalized spacial score (nSPS) is 17.9. The van der Waals surface area contributed by atoms with Gasteiger partial charge in [-0.15, -0.1) is 0 Å². The van der Waals surface area contributed by atoms with Gasteiger partial charge in [-0.1, -0.05) is 0 Å². The number of methoxy groups -OCH3 is 2. The zero-order valence-corrected chi connectivity index (χ0v) is 15.3. The lowest BCUT2D eigenvalue weighted by Crippen LogP contribution is -2.06. The highest BCUT2D eigenvalue weighted by molar-refractivity contribution is 6.06. The zero-order chi connectivity index (χ0) is 17.9. The van der Waals surface area contributed by atoms with Crippen LogP contribution in [0.15, 0.2) is 58.7 Å². The Morgan fingerprint density at radius 3 is 1.27 bits per heavy atom. The largest absolute Gasteiger partial charge is 0.497 e. The van der Waals surface area contributed by atoms with Crippen LogP contribution in [0.25, 0.3) is 0 Å². The Bertz CT molecular complexity index is 743. The summed E-state index contributed by atoms with van der Waals surface area (Å²) in [7, 11) is 3.37. The zero-order valence-electron chi connectivity index (χ0n) is 15.3. The summed E-state index contributed by atoms with van der Waals surface area (Å²) in [6.45, 7) is 0. The molecule has 0 atom stereocenters. The number of benzene rings is 2. The molecular formula is C22H24N2O2. The summed E-state index contributed by atoms with van der Waals surface area (Å²) in [6, 6.07) is 16.3. The Morgan fingerprint density at radius 1 is 0.654 bits per heavy atom. The van der Waals surface area contributed by atoms with Crippen molar-refractivity contribution in [2.75, 3.05) is 14.2 Å². The molecule has 2 aliphatic rings. The summed E-state index contributed by atoms with van der Waals surface area (Å²) in [5, 5.41) is 9.45. The number of nitrogens with zero attached hydrogens (tertiary/aromatic N) is 2. The SMILES string of the molecule is COc1ccc(C(=N/N=C(/c2ccc(OC)cc2)C2CC2)C2CC2)cc1. The van der Waals surface area contributed by atoms with Crippen molar-refractivity contribution in [3.8, 4) is 11.5 Å². The molecule has 0 saturated heterocycles. The average Bonchev–Trinajstić information content (AvgIpc) is 3.59. The van der Waals surface area contributed by atoms with Gasteiger partial charge >= 0.3 is 0 Å². The second kappa shape index (κ2) is 7.32. The molecule has 0 N–H and O–H groups in total. The predicted octanol–water partition coefficient (Wildman–Crippen LogP) is 4.72. The molecule has 0 heterocycles. The first-order chi connectivity index (χ1) is 12.8. The highest BCUT2D eigenvalue weighted by Gasteiger charge is 2.31. The van der Waals surface area contributed by atoms with Crippen molar-refractivity contribution in [2.45, 2.75) is 25.7 Å². The predicted molar refractivity (Wildman–Crippen MR) is 105 cm³/mol. The standard InChI is InChI=1S/C22H24N2O2/c1-25-19-11-7-17(8-12-19)21(15-3-4-15)23-24-22(16-5-6-16)18-9-13-20(26-2)14-10-18/h7-16H,3-6H2,1-2H3/b23-21+,24-22?. The second-order valence-electron chi connectivity index (χ2n) is 6.98. The van der Waals surface area contributed by atoms with Gasteiger partial charge in [0.05, 0.1) is 25.6 Å². The molecule has 4 heteroatoms. The average molecular weight is 348 g/mol. The van der Waals surface area contributed by atoms with Crippen LogP contribution >= 0.6 is 0 Å². The summed E-state index contributed by atoms with van der Waals surface area (Å²) in [5.74, 6) is 2.79. The molecule has 134 valence electrons. The lowest BCUT2D eigenvalue weighted by molar-refractivity contribution is 0.414. The van der Waals surface area contributed by atoms with E-state index >= 15 is 0 Å². The highest BCUT2D eigenvalue weighted by atomic mass is 16.5. The number of hydrogen-bond donors (Lipinski definition) is 0. The second-order valence-corrected chi connectivity index (χ2v) is 6.98. The molecule has 2 aromatic rings. The van der Waals surface area contributed by atoms with Gasteiger partial charge in [0.15, 0.2) is 0 Å². The summed E-state index contributed by atoms with van der Waals surface area (Å²) < 4.78 is 10.5. The summed E-state index contributed by atoms with van der Waals surface area (Å²) in [5.41, 5.74) is 4.47. The molecule has 0 amide bonds. The molecule has 4 nitrogen and oxygen atoms in total. The van der Waals surface area contributed by atoms with Gasteiger partial charge in [-0.05, 0) is 85.3 Å². The van der Waals surface area contributed by atoms with Crippen LogP contribution in [0.4, 0.5) is 0 Å². The van der Waals surface area contributed by atoms with Crippen molar-refractivity contribution in [3.63, 3.8) is 0 Å². The smallest absolute Gasteiger partial charge is 0.118 e. The van der Waals surface area contributed by atoms with Crippen molar-refractivity contribution >= 4 is 11.4 Å². The third-order valence-electron chi connectivity index (χ3n) is 4.97. The van der Waals surface area contributed by atoms with Crippen LogP contribution in [0.3, 0.4) is 0 Å². The van der Waals surface area contributed by atoms with Crippen LogP contribution in [-0.2, 0) is 0 Å². The maximum Gasteiger partial charge on any atom is 0.118 e. The van der Waals surface area contributed by atoms with Crippen molar-refractivity contribution in [2.24, 2.45) is 22.0 Å². The fourth-order valence-corrected chi connectivity index (χ4v) is 3.10. The fourth-order valence-electron chi connectivity index (χ4n) is 3.10. The third kappa shape index (κ3) is 3.79. The van der Waals surface area contributed by atoms with Crippen LogP contribution in [0.5, 0.6) is 11.5 Å². The first kappa shape index (κ1) is 16.8. The number of ether oxygens (including phenoxy) is 2. The molecule has 0 unspecified atom stereocenters. The molecule has 0 aromatic heterocycles. The quantitative estimate of drug-likeness (QED) is 0.537. The minimum atomic E-state index is 0.531. The van der Waals surface area contributed by atoms with Crippen LogP contribution in [-0.4, -0.2) is 25.6 Å². The van der Waals surface area contributed by atoms with Crippen molar-refractivity contribution < 1.29 is 9.47 Å². The summed E-state index contributed by atoms with van der Waals surface area (Å²) in [4.78, 5) is 0. The molecular weight excluding hydrogens is 324 g/mol. The van der Waals surface area contributed by atoms with E-state index in [1.807, 2.05) is 24.3 Å². The first-order valence-electron chi connectivity index (χ1n) is 9.23. The minimum absolute atomic E-state index is 0.531. The topological polar surface area (TPSA) is 43.2 Å². The van der Waals surface area contributed by atoms with E-state index in [0.717, 1.165) is 34.0 Å². The van der Waals surface area contributed by atoms with Gasteiger partial charge in [0.1, 0.15) is 11.5 Å². The van der Waals surface area contributed by atoms with Crippen LogP contribution in [0.1, 0.15) is 36.8 Å². The molecule has 2 saturated carbocycles. The van der Waals surface area contributed by atoms with E-state index in [9.17, 15) is 0 Å². The van der Waals surface area contributed by atoms with E-state index in [1.54, 1.807) is 14.2 Å². The highest BCUT2D eigenvalue weighted by Crippen LogP contribution is 2.36. The molecule has 2 fully saturated rings. The van der Waals surface area contributed by atoms with Gasteiger partial charge in [0.25, 0.3) is 0 Å². The van der Waals surface area contributed by atoms with E-state index in [2.05, 4.69) is 24.3 Å². The lowest BCUT2D eigenvalue weighted by atomic mass is 10.1. The van der Waals surface area contributed by atoms with Crippen molar-refractivity contribution in [1.29, 1.82) is 0 Å². The Hall–Kier alpha value is -2.62. The van der Waals surface area contributed by atoms with Crippen LogP contribution < -0.4 is 9.47 Å². The maximum atomic E-state index is 5.26. The molecule has 0 spiro atoms. The summed E-state index contributed by atoms with van der Waals surface area (Å²) >= 11 is 0. The Balaban J connectivity index is 1.65. The van der Waals surface area contributed by atoms with E-state index in [0.29, 0.717) is 11.8 Å². The maximum absolute atomic E-state index is 5.26. The third-order valence-corrected chi connectivity index (χ3v) is 4.97. The lowest BCUT2D eigenvalue weighted by Gasteiger charge is -2.07. The van der Waals surface area contributed by atoms with Crippen LogP contribution in [0.2, 0.25) is 0 Å².